The number of aliphatic imine (C=N–C) groups is 1. The lowest BCUT2D eigenvalue weighted by Crippen LogP contribution is -2.27. The van der Waals surface area contributed by atoms with Crippen molar-refractivity contribution in [2.24, 2.45) is 10.7 Å². The van der Waals surface area contributed by atoms with Gasteiger partial charge in [0.05, 0.1) is 0 Å². The van der Waals surface area contributed by atoms with E-state index in [9.17, 15) is 0 Å². The Labute approximate surface area is 56.5 Å². The topological polar surface area (TPSA) is 62.4 Å². The third kappa shape index (κ3) is 19.0. The maximum absolute atomic E-state index is 5.11. The van der Waals surface area contributed by atoms with Crippen molar-refractivity contribution in [3.63, 3.8) is 0 Å². The summed E-state index contributed by atoms with van der Waals surface area (Å²) >= 11 is 0. The molecule has 0 heterocycles. The molecule has 0 amide bonds. The Morgan fingerprint density at radius 3 is 1.67 bits per heavy atom. The zero-order valence-electron chi connectivity index (χ0n) is 6.52. The van der Waals surface area contributed by atoms with Crippen LogP contribution in [0.2, 0.25) is 0 Å². The van der Waals surface area contributed by atoms with E-state index in [1.54, 1.807) is 14.1 Å². The highest BCUT2D eigenvalue weighted by Crippen LogP contribution is 1.48. The average Bonchev–Trinajstić information content (AvgIpc) is 1.88. The van der Waals surface area contributed by atoms with Crippen LogP contribution >= 0.6 is 0 Å². The van der Waals surface area contributed by atoms with Crippen LogP contribution in [0.5, 0.6) is 0 Å². The fourth-order valence-corrected chi connectivity index (χ4v) is 0.112. The van der Waals surface area contributed by atoms with Crippen LogP contribution in [-0.2, 0) is 0 Å². The Balaban J connectivity index is 0. The summed E-state index contributed by atoms with van der Waals surface area (Å²) in [5, 5.41) is 5.39. The summed E-state index contributed by atoms with van der Waals surface area (Å²) in [6.07, 6.45) is 0. The number of nitrogens with two attached hydrogens (primary N) is 1. The van der Waals surface area contributed by atoms with E-state index in [4.69, 9.17) is 5.73 Å². The van der Waals surface area contributed by atoms with Gasteiger partial charge in [-0.05, 0) is 14.1 Å². The Morgan fingerprint density at radius 1 is 1.33 bits per heavy atom. The molecule has 0 unspecified atom stereocenters. The van der Waals surface area contributed by atoms with Crippen LogP contribution in [-0.4, -0.2) is 34.2 Å². The first-order chi connectivity index (χ1) is 4.22. The lowest BCUT2D eigenvalue weighted by atomic mass is 11.0. The van der Waals surface area contributed by atoms with Gasteiger partial charge in [0, 0.05) is 14.1 Å². The van der Waals surface area contributed by atoms with Crippen LogP contribution in [0.4, 0.5) is 0 Å². The molecule has 9 heavy (non-hydrogen) atoms. The maximum Gasteiger partial charge on any atom is 0.188 e. The second-order valence-corrected chi connectivity index (χ2v) is 1.36. The van der Waals surface area contributed by atoms with E-state index >= 15 is 0 Å². The highest BCUT2D eigenvalue weighted by atomic mass is 15.1. The van der Waals surface area contributed by atoms with Gasteiger partial charge in [-0.2, -0.15) is 0 Å². The van der Waals surface area contributed by atoms with Gasteiger partial charge in [0.2, 0.25) is 0 Å². The smallest absolute Gasteiger partial charge is 0.188 e. The van der Waals surface area contributed by atoms with Crippen molar-refractivity contribution in [3.8, 4) is 0 Å². The quantitative estimate of drug-likeness (QED) is 0.292. The highest BCUT2D eigenvalue weighted by Gasteiger charge is 1.71. The van der Waals surface area contributed by atoms with Crippen molar-refractivity contribution in [1.29, 1.82) is 0 Å². The normalized spacial score (nSPS) is 9.56. The molecule has 0 saturated carbocycles. The summed E-state index contributed by atoms with van der Waals surface area (Å²) in [6, 6.07) is 0. The van der Waals surface area contributed by atoms with E-state index in [0.29, 0.717) is 5.96 Å². The molecule has 0 aliphatic carbocycles. The summed E-state index contributed by atoms with van der Waals surface area (Å²) < 4.78 is 0. The second kappa shape index (κ2) is 10.3. The van der Waals surface area contributed by atoms with Gasteiger partial charge in [-0.1, -0.05) is 0 Å². The highest BCUT2D eigenvalue weighted by molar-refractivity contribution is 5.77. The zero-order chi connectivity index (χ0) is 7.70. The summed E-state index contributed by atoms with van der Waals surface area (Å²) in [7, 11) is 7.11. The van der Waals surface area contributed by atoms with Crippen molar-refractivity contribution >= 4 is 5.96 Å². The minimum atomic E-state index is 0.468. The maximum atomic E-state index is 5.11. The fraction of sp³-hybridized carbons (Fsp3) is 0.800. The van der Waals surface area contributed by atoms with E-state index in [1.165, 1.54) is 0 Å². The van der Waals surface area contributed by atoms with Crippen LogP contribution in [0.25, 0.3) is 0 Å². The van der Waals surface area contributed by atoms with Gasteiger partial charge in [-0.15, -0.1) is 0 Å². The van der Waals surface area contributed by atoms with Crippen LogP contribution < -0.4 is 16.4 Å². The van der Waals surface area contributed by atoms with E-state index in [-0.39, 0.29) is 0 Å². The van der Waals surface area contributed by atoms with Crippen molar-refractivity contribution in [2.45, 2.75) is 0 Å². The molecule has 0 atom stereocenters. The number of hydrogen-bond acceptors (Lipinski definition) is 2. The summed E-state index contributed by atoms with van der Waals surface area (Å²) in [5.74, 6) is 0.468. The number of hydrogen-bond donors (Lipinski definition) is 3. The molecule has 4 N–H and O–H groups in total. The molecule has 0 spiro atoms. The molecule has 0 aromatic carbocycles. The van der Waals surface area contributed by atoms with Crippen LogP contribution in [0.1, 0.15) is 0 Å². The van der Waals surface area contributed by atoms with Gasteiger partial charge in [-0.3, -0.25) is 4.99 Å². The number of guanidine groups is 1. The molecule has 56 valence electrons. The monoisotopic (exact) mass is 132 g/mol. The van der Waals surface area contributed by atoms with E-state index in [0.717, 1.165) is 0 Å². The molecule has 0 saturated heterocycles. The lowest BCUT2D eigenvalue weighted by Gasteiger charge is -1.90. The Morgan fingerprint density at radius 2 is 1.67 bits per heavy atom. The first-order valence-corrected chi connectivity index (χ1v) is 2.71. The lowest BCUT2D eigenvalue weighted by molar-refractivity contribution is 1.02. The summed E-state index contributed by atoms with van der Waals surface area (Å²) in [5.41, 5.74) is 5.11. The van der Waals surface area contributed by atoms with Gasteiger partial charge in [0.25, 0.3) is 0 Å². The predicted molar refractivity (Wildman–Crippen MR) is 41.6 cm³/mol. The molecule has 4 nitrogen and oxygen atoms in total. The van der Waals surface area contributed by atoms with Gasteiger partial charge >= 0.3 is 0 Å². The SMILES string of the molecule is CN=C(N)NC.CNC. The van der Waals surface area contributed by atoms with Crippen molar-refractivity contribution < 1.29 is 0 Å². The fourth-order valence-electron chi connectivity index (χ4n) is 0.112. The third-order valence-electron chi connectivity index (χ3n) is 0.497. The first-order valence-electron chi connectivity index (χ1n) is 2.71. The molecular weight excluding hydrogens is 116 g/mol. The minimum Gasteiger partial charge on any atom is -0.370 e. The van der Waals surface area contributed by atoms with E-state index in [2.05, 4.69) is 15.6 Å². The molecule has 0 bridgehead atoms. The van der Waals surface area contributed by atoms with Gasteiger partial charge in [0.1, 0.15) is 0 Å². The van der Waals surface area contributed by atoms with Gasteiger partial charge in [-0.25, -0.2) is 0 Å². The number of rotatable bonds is 0. The minimum absolute atomic E-state index is 0.468. The summed E-state index contributed by atoms with van der Waals surface area (Å²) in [4.78, 5) is 3.59. The van der Waals surface area contributed by atoms with Gasteiger partial charge < -0.3 is 16.4 Å². The van der Waals surface area contributed by atoms with Crippen LogP contribution in [0.3, 0.4) is 0 Å². The molecule has 0 radical (unpaired) electrons. The molecule has 0 aliphatic rings. The van der Waals surface area contributed by atoms with E-state index in [1.807, 2.05) is 14.1 Å². The van der Waals surface area contributed by atoms with Crippen molar-refractivity contribution in [1.82, 2.24) is 10.6 Å². The third-order valence-corrected chi connectivity index (χ3v) is 0.497. The molecule has 0 aromatic heterocycles. The summed E-state index contributed by atoms with van der Waals surface area (Å²) in [6.45, 7) is 0. The molecule has 4 heteroatoms. The van der Waals surface area contributed by atoms with Gasteiger partial charge in [0.15, 0.2) is 5.96 Å². The Kier molecular flexibility index (Phi) is 12.6. The second-order valence-electron chi connectivity index (χ2n) is 1.36. The largest absolute Gasteiger partial charge is 0.370 e. The Hall–Kier alpha value is -0.770. The van der Waals surface area contributed by atoms with Crippen LogP contribution in [0, 0.1) is 0 Å². The average molecular weight is 132 g/mol. The standard InChI is InChI=1S/C3H9N3.C2H7N/c1-5-3(4)6-2;1-3-2/h1-2H3,(H3,4,5,6);3H,1-2H3. The zero-order valence-corrected chi connectivity index (χ0v) is 6.52. The first kappa shape index (κ1) is 11.1. The van der Waals surface area contributed by atoms with E-state index < -0.39 is 0 Å². The molecule has 0 aromatic rings. The predicted octanol–water partition coefficient (Wildman–Crippen LogP) is -1.01. The molecule has 0 aliphatic heterocycles. The van der Waals surface area contributed by atoms with Crippen LogP contribution in [0.15, 0.2) is 4.99 Å². The van der Waals surface area contributed by atoms with Crippen molar-refractivity contribution in [2.75, 3.05) is 28.2 Å². The molecule has 0 fully saturated rings. The Bertz CT molecular complexity index is 69.4. The van der Waals surface area contributed by atoms with Crippen molar-refractivity contribution in [3.05, 3.63) is 0 Å². The number of nitrogens with one attached hydrogen (secondary N) is 2. The number of nitrogens with zero attached hydrogens (tertiary/aromatic N) is 1. The molecular formula is C5H16N4. The molecule has 0 rings (SSSR count).